The van der Waals surface area contributed by atoms with Gasteiger partial charge in [0.05, 0.1) is 18.7 Å². The molecule has 0 bridgehead atoms. The highest BCUT2D eigenvalue weighted by atomic mass is 16.3. The van der Waals surface area contributed by atoms with Crippen LogP contribution in [0.2, 0.25) is 0 Å². The van der Waals surface area contributed by atoms with Crippen LogP contribution in [0.15, 0.2) is 0 Å². The van der Waals surface area contributed by atoms with Gasteiger partial charge < -0.3 is 10.0 Å². The molecule has 0 atom stereocenters. The summed E-state index contributed by atoms with van der Waals surface area (Å²) in [5.41, 5.74) is -0.622. The van der Waals surface area contributed by atoms with Crippen molar-refractivity contribution in [3.05, 3.63) is 0 Å². The molecule has 1 N–H and O–H groups in total. The zero-order valence-electron chi connectivity index (χ0n) is 9.54. The largest absolute Gasteiger partial charge is 0.386 e. The van der Waals surface area contributed by atoms with Crippen LogP contribution in [-0.2, 0) is 4.79 Å². The van der Waals surface area contributed by atoms with Crippen LogP contribution in [0, 0.1) is 5.92 Å². The molecule has 86 valence electrons. The van der Waals surface area contributed by atoms with E-state index >= 15 is 0 Å². The number of hydrogen-bond donors (Lipinski definition) is 1. The molecule has 1 aliphatic heterocycles. The van der Waals surface area contributed by atoms with Crippen molar-refractivity contribution in [1.29, 1.82) is 0 Å². The number of hydrogen-bond acceptors (Lipinski definition) is 2. The van der Waals surface area contributed by atoms with E-state index in [-0.39, 0.29) is 5.91 Å². The van der Waals surface area contributed by atoms with Crippen molar-refractivity contribution in [2.45, 2.75) is 51.0 Å². The zero-order chi connectivity index (χ0) is 10.9. The van der Waals surface area contributed by atoms with Crippen LogP contribution >= 0.6 is 0 Å². The Labute approximate surface area is 91.5 Å². The summed E-state index contributed by atoms with van der Waals surface area (Å²) in [6.07, 6.45) is 7.04. The predicted octanol–water partition coefficient (Wildman–Crippen LogP) is 1.55. The summed E-state index contributed by atoms with van der Waals surface area (Å²) < 4.78 is 0. The molecular formula is C12H21NO2. The summed E-state index contributed by atoms with van der Waals surface area (Å²) >= 11 is 0. The second kappa shape index (κ2) is 4.12. The van der Waals surface area contributed by atoms with E-state index in [1.165, 1.54) is 25.7 Å². The molecule has 0 spiro atoms. The van der Waals surface area contributed by atoms with Gasteiger partial charge in [0.15, 0.2) is 0 Å². The number of rotatable bonds is 3. The third kappa shape index (κ3) is 2.71. The summed E-state index contributed by atoms with van der Waals surface area (Å²) in [5, 5.41) is 9.52. The predicted molar refractivity (Wildman–Crippen MR) is 58.4 cm³/mol. The molecule has 0 radical (unpaired) electrons. The monoisotopic (exact) mass is 211 g/mol. The Hall–Kier alpha value is -0.570. The molecule has 1 amide bonds. The lowest BCUT2D eigenvalue weighted by molar-refractivity contribution is -0.152. The summed E-state index contributed by atoms with van der Waals surface area (Å²) in [4.78, 5) is 13.5. The molecule has 0 unspecified atom stereocenters. The average Bonchev–Trinajstić information content (AvgIpc) is 2.62. The fourth-order valence-electron chi connectivity index (χ4n) is 2.74. The first-order chi connectivity index (χ1) is 7.07. The second-order valence-corrected chi connectivity index (χ2v) is 5.44. The average molecular weight is 211 g/mol. The van der Waals surface area contributed by atoms with Crippen molar-refractivity contribution in [1.82, 2.24) is 4.90 Å². The number of amides is 1. The molecule has 1 heterocycles. The van der Waals surface area contributed by atoms with Gasteiger partial charge in [-0.15, -0.1) is 0 Å². The molecular weight excluding hydrogens is 190 g/mol. The minimum absolute atomic E-state index is 0.230. The topological polar surface area (TPSA) is 40.5 Å². The summed E-state index contributed by atoms with van der Waals surface area (Å²) in [6, 6.07) is 0. The van der Waals surface area contributed by atoms with Crippen molar-refractivity contribution >= 4 is 5.91 Å². The molecule has 3 nitrogen and oxygen atoms in total. The van der Waals surface area contributed by atoms with Crippen LogP contribution in [0.5, 0.6) is 0 Å². The lowest BCUT2D eigenvalue weighted by atomic mass is 9.95. The lowest BCUT2D eigenvalue weighted by Gasteiger charge is -2.44. The van der Waals surface area contributed by atoms with Crippen LogP contribution < -0.4 is 0 Å². The van der Waals surface area contributed by atoms with Gasteiger partial charge in [0.25, 0.3) is 0 Å². The molecule has 1 saturated heterocycles. The first-order valence-electron chi connectivity index (χ1n) is 6.07. The van der Waals surface area contributed by atoms with Gasteiger partial charge in [-0.1, -0.05) is 25.7 Å². The SMILES string of the molecule is CC1(O)CN(C(=O)CCC2CCCC2)C1. The molecule has 3 heteroatoms. The van der Waals surface area contributed by atoms with Gasteiger partial charge in [0, 0.05) is 6.42 Å². The van der Waals surface area contributed by atoms with E-state index in [9.17, 15) is 9.90 Å². The van der Waals surface area contributed by atoms with E-state index in [4.69, 9.17) is 0 Å². The third-order valence-electron chi connectivity index (χ3n) is 3.66. The molecule has 2 rings (SSSR count). The van der Waals surface area contributed by atoms with Crippen LogP contribution in [0.3, 0.4) is 0 Å². The van der Waals surface area contributed by atoms with Gasteiger partial charge in [-0.2, -0.15) is 0 Å². The Kier molecular flexibility index (Phi) is 3.01. The lowest BCUT2D eigenvalue weighted by Crippen LogP contribution is -2.61. The summed E-state index contributed by atoms with van der Waals surface area (Å²) in [6.45, 7) is 2.83. The maximum Gasteiger partial charge on any atom is 0.222 e. The molecule has 1 aliphatic carbocycles. The van der Waals surface area contributed by atoms with E-state index in [1.54, 1.807) is 11.8 Å². The highest BCUT2D eigenvalue weighted by Gasteiger charge is 2.39. The Morgan fingerprint density at radius 2 is 2.00 bits per heavy atom. The van der Waals surface area contributed by atoms with Gasteiger partial charge >= 0.3 is 0 Å². The third-order valence-corrected chi connectivity index (χ3v) is 3.66. The Bertz CT molecular complexity index is 236. The van der Waals surface area contributed by atoms with Gasteiger partial charge in [-0.3, -0.25) is 4.79 Å². The summed E-state index contributed by atoms with van der Waals surface area (Å²) in [5.74, 6) is 1.02. The molecule has 0 aromatic heterocycles. The molecule has 0 aromatic rings. The van der Waals surface area contributed by atoms with E-state index < -0.39 is 5.60 Å². The highest BCUT2D eigenvalue weighted by Crippen LogP contribution is 2.29. The van der Waals surface area contributed by atoms with Crippen molar-refractivity contribution < 1.29 is 9.90 Å². The smallest absolute Gasteiger partial charge is 0.222 e. The molecule has 2 aliphatic rings. The standard InChI is InChI=1S/C12H21NO2/c1-12(15)8-13(9-12)11(14)7-6-10-4-2-3-5-10/h10,15H,2-9H2,1H3. The van der Waals surface area contributed by atoms with Crippen molar-refractivity contribution in [3.63, 3.8) is 0 Å². The number of aliphatic hydroxyl groups is 1. The molecule has 1 saturated carbocycles. The fraction of sp³-hybridized carbons (Fsp3) is 0.917. The number of carbonyl (C=O) groups excluding carboxylic acids is 1. The van der Waals surface area contributed by atoms with Gasteiger partial charge in [-0.25, -0.2) is 0 Å². The first-order valence-corrected chi connectivity index (χ1v) is 6.07. The second-order valence-electron chi connectivity index (χ2n) is 5.44. The summed E-state index contributed by atoms with van der Waals surface area (Å²) in [7, 11) is 0. The fourth-order valence-corrected chi connectivity index (χ4v) is 2.74. The quantitative estimate of drug-likeness (QED) is 0.769. The highest BCUT2D eigenvalue weighted by molar-refractivity contribution is 5.77. The maximum atomic E-state index is 11.7. The van der Waals surface area contributed by atoms with Crippen LogP contribution in [-0.4, -0.2) is 34.6 Å². The number of carbonyl (C=O) groups is 1. The van der Waals surface area contributed by atoms with Crippen LogP contribution in [0.4, 0.5) is 0 Å². The minimum Gasteiger partial charge on any atom is -0.386 e. The number of likely N-dealkylation sites (tertiary alicyclic amines) is 1. The maximum absolute atomic E-state index is 11.7. The van der Waals surface area contributed by atoms with E-state index in [2.05, 4.69) is 0 Å². The number of β-amino-alcohol motifs (C(OH)–C–C–N with tert-alkyl or cyclic N) is 1. The van der Waals surface area contributed by atoms with Crippen molar-refractivity contribution in [2.75, 3.05) is 13.1 Å². The Morgan fingerprint density at radius 1 is 1.40 bits per heavy atom. The van der Waals surface area contributed by atoms with Crippen LogP contribution in [0.1, 0.15) is 45.4 Å². The van der Waals surface area contributed by atoms with Gasteiger partial charge in [0.2, 0.25) is 5.91 Å². The van der Waals surface area contributed by atoms with Gasteiger partial charge in [0.1, 0.15) is 0 Å². The van der Waals surface area contributed by atoms with E-state index in [0.717, 1.165) is 12.3 Å². The van der Waals surface area contributed by atoms with Gasteiger partial charge in [-0.05, 0) is 19.3 Å². The van der Waals surface area contributed by atoms with Crippen LogP contribution in [0.25, 0.3) is 0 Å². The first kappa shape index (κ1) is 10.9. The van der Waals surface area contributed by atoms with Crippen molar-refractivity contribution in [3.8, 4) is 0 Å². The number of nitrogens with zero attached hydrogens (tertiary/aromatic N) is 1. The normalized spacial score (nSPS) is 25.3. The molecule has 15 heavy (non-hydrogen) atoms. The molecule has 2 fully saturated rings. The molecule has 0 aromatic carbocycles. The minimum atomic E-state index is -0.622. The Balaban J connectivity index is 1.65. The van der Waals surface area contributed by atoms with E-state index in [1.807, 2.05) is 0 Å². The Morgan fingerprint density at radius 3 is 2.53 bits per heavy atom. The van der Waals surface area contributed by atoms with E-state index in [0.29, 0.717) is 19.5 Å². The zero-order valence-corrected chi connectivity index (χ0v) is 9.54. The van der Waals surface area contributed by atoms with Crippen molar-refractivity contribution in [2.24, 2.45) is 5.92 Å².